The van der Waals surface area contributed by atoms with E-state index < -0.39 is 23.4 Å². The third-order valence-corrected chi connectivity index (χ3v) is 4.15. The maximum atomic E-state index is 12.9. The molecule has 0 unspecified atom stereocenters. The Morgan fingerprint density at radius 2 is 1.79 bits per heavy atom. The molecule has 0 radical (unpaired) electrons. The number of Topliss-reactive ketones (excluding diaryl/α,β-unsaturated/α-hetero) is 1. The highest BCUT2D eigenvalue weighted by Gasteiger charge is 2.28. The molecule has 2 aromatic carbocycles. The third kappa shape index (κ3) is 3.18. The fourth-order valence-corrected chi connectivity index (χ4v) is 2.88. The molecule has 1 aliphatic rings. The van der Waals surface area contributed by atoms with Crippen LogP contribution in [0.2, 0.25) is 0 Å². The lowest BCUT2D eigenvalue weighted by molar-refractivity contribution is -0.117. The van der Waals surface area contributed by atoms with Crippen molar-refractivity contribution in [3.8, 4) is 6.07 Å². The summed E-state index contributed by atoms with van der Waals surface area (Å²) in [5.74, 6) is -3.10. The monoisotopic (exact) mass is 322 g/mol. The first kappa shape index (κ1) is 15.9. The van der Waals surface area contributed by atoms with Gasteiger partial charge in [-0.25, -0.2) is 4.39 Å². The Morgan fingerprint density at radius 1 is 1.08 bits per heavy atom. The normalized spacial score (nSPS) is 13.7. The standard InChI is InChI=1S/C19H15FN2O2/c20-15-6-8-16(9-7-15)22-19(24)17(11-21)18(23)14-5-4-12-2-1-3-13(12)10-14/h4-10,17H,1-3H2,(H,22,24)/t17-/m0/s1. The first-order valence-corrected chi connectivity index (χ1v) is 7.70. The van der Waals surface area contributed by atoms with E-state index in [-0.39, 0.29) is 0 Å². The van der Waals surface area contributed by atoms with E-state index >= 15 is 0 Å². The number of hydrogen-bond acceptors (Lipinski definition) is 3. The Morgan fingerprint density at radius 3 is 2.50 bits per heavy atom. The molecular formula is C19H15FN2O2. The lowest BCUT2D eigenvalue weighted by Gasteiger charge is -2.10. The van der Waals surface area contributed by atoms with Crippen molar-refractivity contribution < 1.29 is 14.0 Å². The van der Waals surface area contributed by atoms with E-state index in [0.717, 1.165) is 24.8 Å². The number of carbonyl (C=O) groups excluding carboxylic acids is 2. The van der Waals surface area contributed by atoms with Gasteiger partial charge in [-0.05, 0) is 60.7 Å². The SMILES string of the molecule is N#C[C@H](C(=O)Nc1ccc(F)cc1)C(=O)c1ccc2c(c1)CCC2. The van der Waals surface area contributed by atoms with Gasteiger partial charge in [0.15, 0.2) is 11.7 Å². The number of nitrogens with one attached hydrogen (secondary N) is 1. The Balaban J connectivity index is 1.77. The minimum absolute atomic E-state index is 0.336. The lowest BCUT2D eigenvalue weighted by Crippen LogP contribution is -2.28. The molecule has 1 atom stereocenters. The van der Waals surface area contributed by atoms with Crippen molar-refractivity contribution in [3.05, 3.63) is 65.0 Å². The zero-order chi connectivity index (χ0) is 17.1. The van der Waals surface area contributed by atoms with E-state index in [9.17, 15) is 19.2 Å². The van der Waals surface area contributed by atoms with Crippen LogP contribution in [0, 0.1) is 23.1 Å². The van der Waals surface area contributed by atoms with E-state index in [1.54, 1.807) is 18.2 Å². The molecule has 0 saturated carbocycles. The number of hydrogen-bond donors (Lipinski definition) is 1. The van der Waals surface area contributed by atoms with Gasteiger partial charge in [-0.1, -0.05) is 12.1 Å². The van der Waals surface area contributed by atoms with Crippen molar-refractivity contribution in [3.63, 3.8) is 0 Å². The fraction of sp³-hybridized carbons (Fsp3) is 0.211. The second kappa shape index (κ2) is 6.63. The number of rotatable bonds is 4. The topological polar surface area (TPSA) is 70.0 Å². The molecule has 1 aliphatic carbocycles. The first-order chi connectivity index (χ1) is 11.6. The Bertz CT molecular complexity index is 837. The molecule has 0 bridgehead atoms. The van der Waals surface area contributed by atoms with Crippen LogP contribution in [0.15, 0.2) is 42.5 Å². The van der Waals surface area contributed by atoms with Gasteiger partial charge >= 0.3 is 0 Å². The van der Waals surface area contributed by atoms with Crippen molar-refractivity contribution in [2.75, 3.05) is 5.32 Å². The van der Waals surface area contributed by atoms with Crippen molar-refractivity contribution >= 4 is 17.4 Å². The van der Waals surface area contributed by atoms with Crippen LogP contribution in [0.4, 0.5) is 10.1 Å². The van der Waals surface area contributed by atoms with Crippen LogP contribution in [0.1, 0.15) is 27.9 Å². The molecule has 0 saturated heterocycles. The number of anilines is 1. The van der Waals surface area contributed by atoms with Gasteiger partial charge in [0.2, 0.25) is 5.91 Å². The number of fused-ring (bicyclic) bond motifs is 1. The molecule has 0 spiro atoms. The maximum absolute atomic E-state index is 12.9. The van der Waals surface area contributed by atoms with Gasteiger partial charge in [0.05, 0.1) is 6.07 Å². The van der Waals surface area contributed by atoms with Crippen molar-refractivity contribution in [1.29, 1.82) is 5.26 Å². The number of amides is 1. The molecule has 0 aromatic heterocycles. The first-order valence-electron chi connectivity index (χ1n) is 7.70. The number of halogens is 1. The Kier molecular flexibility index (Phi) is 4.39. The summed E-state index contributed by atoms with van der Waals surface area (Å²) in [6.45, 7) is 0. The summed E-state index contributed by atoms with van der Waals surface area (Å²) in [6, 6.07) is 12.2. The van der Waals surface area contributed by atoms with E-state index in [1.807, 2.05) is 6.07 Å². The zero-order valence-corrected chi connectivity index (χ0v) is 12.9. The van der Waals surface area contributed by atoms with Gasteiger partial charge in [0, 0.05) is 11.3 Å². The summed E-state index contributed by atoms with van der Waals surface area (Å²) in [5, 5.41) is 11.7. The van der Waals surface area contributed by atoms with Gasteiger partial charge in [-0.15, -0.1) is 0 Å². The number of nitrogens with zero attached hydrogens (tertiary/aromatic N) is 1. The molecule has 2 aromatic rings. The van der Waals surface area contributed by atoms with Crippen LogP contribution in [-0.2, 0) is 17.6 Å². The molecule has 0 fully saturated rings. The van der Waals surface area contributed by atoms with Crippen molar-refractivity contribution in [2.45, 2.75) is 19.3 Å². The van der Waals surface area contributed by atoms with E-state index in [0.29, 0.717) is 11.3 Å². The van der Waals surface area contributed by atoms with Crippen LogP contribution < -0.4 is 5.32 Å². The predicted molar refractivity (Wildman–Crippen MR) is 86.9 cm³/mol. The second-order valence-electron chi connectivity index (χ2n) is 5.76. The highest BCUT2D eigenvalue weighted by molar-refractivity contribution is 6.15. The number of aryl methyl sites for hydroxylation is 2. The molecule has 3 rings (SSSR count). The molecular weight excluding hydrogens is 307 g/mol. The number of nitriles is 1. The lowest BCUT2D eigenvalue weighted by atomic mass is 9.95. The smallest absolute Gasteiger partial charge is 0.249 e. The molecule has 0 heterocycles. The van der Waals surface area contributed by atoms with Crippen LogP contribution in [0.3, 0.4) is 0 Å². The number of ketones is 1. The van der Waals surface area contributed by atoms with E-state index in [4.69, 9.17) is 0 Å². The molecule has 1 N–H and O–H groups in total. The maximum Gasteiger partial charge on any atom is 0.249 e. The minimum atomic E-state index is -1.44. The van der Waals surface area contributed by atoms with Crippen LogP contribution in [0.25, 0.3) is 0 Å². The molecule has 120 valence electrons. The van der Waals surface area contributed by atoms with Crippen LogP contribution >= 0.6 is 0 Å². The molecule has 0 aliphatic heterocycles. The summed E-state index contributed by atoms with van der Waals surface area (Å²) < 4.78 is 12.9. The van der Waals surface area contributed by atoms with Gasteiger partial charge < -0.3 is 5.32 Å². The average Bonchev–Trinajstić information content (AvgIpc) is 3.05. The van der Waals surface area contributed by atoms with Gasteiger partial charge in [-0.2, -0.15) is 5.26 Å². The highest BCUT2D eigenvalue weighted by atomic mass is 19.1. The average molecular weight is 322 g/mol. The molecule has 24 heavy (non-hydrogen) atoms. The largest absolute Gasteiger partial charge is 0.325 e. The zero-order valence-electron chi connectivity index (χ0n) is 12.9. The second-order valence-corrected chi connectivity index (χ2v) is 5.76. The summed E-state index contributed by atoms with van der Waals surface area (Å²) in [4.78, 5) is 24.7. The van der Waals surface area contributed by atoms with Crippen LogP contribution in [0.5, 0.6) is 0 Å². The van der Waals surface area contributed by atoms with Gasteiger partial charge in [-0.3, -0.25) is 9.59 Å². The van der Waals surface area contributed by atoms with E-state index in [2.05, 4.69) is 5.32 Å². The van der Waals surface area contributed by atoms with Gasteiger partial charge in [0.1, 0.15) is 5.82 Å². The Hall–Kier alpha value is -3.00. The van der Waals surface area contributed by atoms with Crippen LogP contribution in [-0.4, -0.2) is 11.7 Å². The summed E-state index contributed by atoms with van der Waals surface area (Å²) >= 11 is 0. The van der Waals surface area contributed by atoms with E-state index in [1.165, 1.54) is 29.8 Å². The summed E-state index contributed by atoms with van der Waals surface area (Å²) in [7, 11) is 0. The predicted octanol–water partition coefficient (Wildman–Crippen LogP) is 3.28. The van der Waals surface area contributed by atoms with Crippen molar-refractivity contribution in [2.24, 2.45) is 5.92 Å². The minimum Gasteiger partial charge on any atom is -0.325 e. The molecule has 5 heteroatoms. The highest BCUT2D eigenvalue weighted by Crippen LogP contribution is 2.24. The Labute approximate surface area is 138 Å². The molecule has 4 nitrogen and oxygen atoms in total. The van der Waals surface area contributed by atoms with Gasteiger partial charge in [0.25, 0.3) is 0 Å². The quantitative estimate of drug-likeness (QED) is 0.694. The summed E-state index contributed by atoms with van der Waals surface area (Å²) in [6.07, 6.45) is 2.96. The number of benzene rings is 2. The third-order valence-electron chi connectivity index (χ3n) is 4.15. The number of carbonyl (C=O) groups is 2. The fourth-order valence-electron chi connectivity index (χ4n) is 2.88. The van der Waals surface area contributed by atoms with Crippen molar-refractivity contribution in [1.82, 2.24) is 0 Å². The summed E-state index contributed by atoms with van der Waals surface area (Å²) in [5.41, 5.74) is 3.03. The molecule has 1 amide bonds.